The lowest BCUT2D eigenvalue weighted by molar-refractivity contribution is 0.243. The smallest absolute Gasteiger partial charge is 0.207 e. The van der Waals surface area contributed by atoms with Gasteiger partial charge in [0.05, 0.1) is 18.1 Å². The molecule has 2 N–H and O–H groups in total. The van der Waals surface area contributed by atoms with E-state index in [0.717, 1.165) is 11.6 Å². The van der Waals surface area contributed by atoms with Crippen molar-refractivity contribution in [3.05, 3.63) is 47.5 Å². The minimum atomic E-state index is -1.09. The second-order valence-electron chi connectivity index (χ2n) is 6.84. The molecule has 0 unspecified atom stereocenters. The fraction of sp³-hybridized carbons (Fsp3) is 0.389. The van der Waals surface area contributed by atoms with Crippen LogP contribution in [0.5, 0.6) is 0 Å². The fourth-order valence-corrected chi connectivity index (χ4v) is 3.31. The Hall–Kier alpha value is -2.68. The Kier molecular flexibility index (Phi) is 4.47. The van der Waals surface area contributed by atoms with Crippen LogP contribution in [0.2, 0.25) is 0 Å². The molecule has 4 rings (SSSR count). The summed E-state index contributed by atoms with van der Waals surface area (Å²) in [6.45, 7) is 2.68. The van der Waals surface area contributed by atoms with Gasteiger partial charge in [-0.25, -0.2) is 28.1 Å². The first kappa shape index (κ1) is 17.7. The van der Waals surface area contributed by atoms with Crippen molar-refractivity contribution in [2.75, 3.05) is 18.0 Å². The molecule has 0 radical (unpaired) electrons. The average Bonchev–Trinajstić information content (AvgIpc) is 2.98. The third kappa shape index (κ3) is 3.34. The average molecular weight is 376 g/mol. The summed E-state index contributed by atoms with van der Waals surface area (Å²) in [6, 6.07) is 1.36. The van der Waals surface area contributed by atoms with Gasteiger partial charge < -0.3 is 15.2 Å². The van der Waals surface area contributed by atoms with Gasteiger partial charge in [0.1, 0.15) is 23.3 Å². The second-order valence-corrected chi connectivity index (χ2v) is 6.84. The fourth-order valence-electron chi connectivity index (χ4n) is 3.31. The molecule has 1 aliphatic rings. The van der Waals surface area contributed by atoms with Crippen LogP contribution in [0.4, 0.5) is 19.1 Å². The van der Waals surface area contributed by atoms with Crippen LogP contribution in [0.15, 0.2) is 24.5 Å². The number of aryl methyl sites for hydroxylation is 1. The summed E-state index contributed by atoms with van der Waals surface area (Å²) in [4.78, 5) is 14.7. The number of imidazole rings is 1. The van der Waals surface area contributed by atoms with Crippen LogP contribution >= 0.6 is 0 Å². The van der Waals surface area contributed by atoms with Crippen molar-refractivity contribution in [2.45, 2.75) is 32.1 Å². The minimum absolute atomic E-state index is 0.0504. The van der Waals surface area contributed by atoms with Gasteiger partial charge in [0.25, 0.3) is 0 Å². The van der Waals surface area contributed by atoms with Gasteiger partial charge in [-0.05, 0) is 18.9 Å². The molecule has 3 heterocycles. The lowest BCUT2D eigenvalue weighted by Crippen LogP contribution is -2.50. The molecular weight excluding hydrogens is 357 g/mol. The van der Waals surface area contributed by atoms with Gasteiger partial charge in [-0.2, -0.15) is 0 Å². The van der Waals surface area contributed by atoms with Crippen molar-refractivity contribution in [1.82, 2.24) is 19.5 Å². The van der Waals surface area contributed by atoms with E-state index in [2.05, 4.69) is 15.0 Å². The highest BCUT2D eigenvalue weighted by atomic mass is 19.1. The highest BCUT2D eigenvalue weighted by molar-refractivity contribution is 5.80. The minimum Gasteiger partial charge on any atom is -0.340 e. The maximum atomic E-state index is 14.3. The van der Waals surface area contributed by atoms with E-state index in [-0.39, 0.29) is 25.0 Å². The zero-order chi connectivity index (χ0) is 19.1. The van der Waals surface area contributed by atoms with E-state index in [1.807, 2.05) is 6.92 Å². The number of hydrogen-bond donors (Lipinski definition) is 1. The van der Waals surface area contributed by atoms with Crippen molar-refractivity contribution in [1.29, 1.82) is 0 Å². The molecule has 3 aromatic rings. The third-order valence-electron chi connectivity index (χ3n) is 4.74. The van der Waals surface area contributed by atoms with Crippen molar-refractivity contribution in [3.8, 4) is 0 Å². The van der Waals surface area contributed by atoms with Crippen LogP contribution in [-0.4, -0.2) is 44.8 Å². The Morgan fingerprint density at radius 3 is 2.67 bits per heavy atom. The number of anilines is 1. The summed E-state index contributed by atoms with van der Waals surface area (Å²) in [7, 11) is 0. The number of fused-ring (bicyclic) bond motifs is 1. The van der Waals surface area contributed by atoms with E-state index >= 15 is 0 Å². The SMILES string of the molecule is Cc1cnc(Cn2c(N3CC[C@@H](F)[C@H](N)C3)nc3c(F)cc(F)cc32)nc1. The van der Waals surface area contributed by atoms with Gasteiger partial charge in [-0.15, -0.1) is 0 Å². The van der Waals surface area contributed by atoms with Crippen LogP contribution in [0.1, 0.15) is 17.8 Å². The zero-order valence-electron chi connectivity index (χ0n) is 14.7. The normalized spacial score (nSPS) is 20.4. The predicted molar refractivity (Wildman–Crippen MR) is 95.2 cm³/mol. The van der Waals surface area contributed by atoms with E-state index in [9.17, 15) is 13.2 Å². The van der Waals surface area contributed by atoms with Crippen molar-refractivity contribution in [3.63, 3.8) is 0 Å². The molecule has 0 saturated carbocycles. The van der Waals surface area contributed by atoms with Crippen molar-refractivity contribution >= 4 is 17.0 Å². The summed E-state index contributed by atoms with van der Waals surface area (Å²) in [5.74, 6) is -0.562. The first-order valence-corrected chi connectivity index (χ1v) is 8.70. The number of halogens is 3. The molecule has 6 nitrogen and oxygen atoms in total. The molecule has 142 valence electrons. The highest BCUT2D eigenvalue weighted by Gasteiger charge is 2.30. The summed E-state index contributed by atoms with van der Waals surface area (Å²) in [5, 5.41) is 0. The molecular formula is C18H19F3N6. The molecule has 9 heteroatoms. The Labute approximate surface area is 153 Å². The first-order valence-electron chi connectivity index (χ1n) is 8.70. The standard InChI is InChI=1S/C18H19F3N6/c1-10-6-23-16(24-7-10)9-27-15-5-11(19)4-13(21)17(15)25-18(27)26-3-2-12(20)14(22)8-26/h4-7,12,14H,2-3,8-9,22H2,1H3/t12-,14-/m1/s1. The molecule has 0 aliphatic carbocycles. The molecule has 0 amide bonds. The van der Waals surface area contributed by atoms with Gasteiger partial charge in [-0.3, -0.25) is 0 Å². The Morgan fingerprint density at radius 1 is 1.22 bits per heavy atom. The van der Waals surface area contributed by atoms with Crippen molar-refractivity contribution in [2.24, 2.45) is 5.73 Å². The number of aromatic nitrogens is 4. The lowest BCUT2D eigenvalue weighted by Gasteiger charge is -2.34. The van der Waals surface area contributed by atoms with Crippen LogP contribution in [-0.2, 0) is 6.54 Å². The number of nitrogens with zero attached hydrogens (tertiary/aromatic N) is 5. The Morgan fingerprint density at radius 2 is 1.96 bits per heavy atom. The van der Waals surface area contributed by atoms with E-state index in [1.165, 1.54) is 6.07 Å². The molecule has 0 bridgehead atoms. The first-order chi connectivity index (χ1) is 12.9. The maximum Gasteiger partial charge on any atom is 0.207 e. The van der Waals surface area contributed by atoms with E-state index in [0.29, 0.717) is 23.8 Å². The quantitative estimate of drug-likeness (QED) is 0.760. The van der Waals surface area contributed by atoms with Gasteiger partial charge in [-0.1, -0.05) is 0 Å². The topological polar surface area (TPSA) is 72.9 Å². The van der Waals surface area contributed by atoms with Crippen molar-refractivity contribution < 1.29 is 13.2 Å². The van der Waals surface area contributed by atoms with Crippen LogP contribution in [0, 0.1) is 18.6 Å². The summed E-state index contributed by atoms with van der Waals surface area (Å²) >= 11 is 0. The number of piperidine rings is 1. The van der Waals surface area contributed by atoms with Crippen LogP contribution in [0.3, 0.4) is 0 Å². The number of benzene rings is 1. The Balaban J connectivity index is 1.81. The molecule has 0 spiro atoms. The summed E-state index contributed by atoms with van der Waals surface area (Å²) < 4.78 is 43.5. The van der Waals surface area contributed by atoms with E-state index < -0.39 is 23.8 Å². The Bertz CT molecular complexity index is 971. The second kappa shape index (κ2) is 6.80. The number of rotatable bonds is 3. The molecule has 1 fully saturated rings. The number of nitrogens with two attached hydrogens (primary N) is 1. The molecule has 1 aliphatic heterocycles. The maximum absolute atomic E-state index is 14.3. The monoisotopic (exact) mass is 376 g/mol. The lowest BCUT2D eigenvalue weighted by atomic mass is 10.1. The predicted octanol–water partition coefficient (Wildman–Crippen LogP) is 2.34. The van der Waals surface area contributed by atoms with Crippen LogP contribution in [0.25, 0.3) is 11.0 Å². The summed E-state index contributed by atoms with van der Waals surface area (Å²) in [5.41, 5.74) is 7.11. The number of alkyl halides is 1. The summed E-state index contributed by atoms with van der Waals surface area (Å²) in [6.07, 6.45) is 2.51. The highest BCUT2D eigenvalue weighted by Crippen LogP contribution is 2.28. The molecule has 2 aromatic heterocycles. The molecule has 27 heavy (non-hydrogen) atoms. The molecule has 1 saturated heterocycles. The van der Waals surface area contributed by atoms with Gasteiger partial charge in [0.15, 0.2) is 5.82 Å². The van der Waals surface area contributed by atoms with Gasteiger partial charge in [0.2, 0.25) is 5.95 Å². The molecule has 1 aromatic carbocycles. The van der Waals surface area contributed by atoms with E-state index in [4.69, 9.17) is 5.73 Å². The largest absolute Gasteiger partial charge is 0.340 e. The van der Waals surface area contributed by atoms with Gasteiger partial charge >= 0.3 is 0 Å². The number of hydrogen-bond acceptors (Lipinski definition) is 5. The van der Waals surface area contributed by atoms with Gasteiger partial charge in [0, 0.05) is 37.6 Å². The van der Waals surface area contributed by atoms with E-state index in [1.54, 1.807) is 21.9 Å². The third-order valence-corrected chi connectivity index (χ3v) is 4.74. The zero-order valence-corrected chi connectivity index (χ0v) is 14.7. The molecule has 2 atom stereocenters. The van der Waals surface area contributed by atoms with Crippen LogP contribution < -0.4 is 10.6 Å².